The van der Waals surface area contributed by atoms with Crippen molar-refractivity contribution in [2.75, 3.05) is 0 Å². The zero-order valence-electron chi connectivity index (χ0n) is 7.60. The fourth-order valence-corrected chi connectivity index (χ4v) is 2.94. The second kappa shape index (κ2) is 4.20. The van der Waals surface area contributed by atoms with Crippen LogP contribution in [0.2, 0.25) is 0 Å². The second-order valence-electron chi connectivity index (χ2n) is 2.57. The van der Waals surface area contributed by atoms with Crippen LogP contribution >= 0.6 is 0 Å². The largest absolute Gasteiger partial charge is 0.345 e. The Morgan fingerprint density at radius 1 is 1.06 bits per heavy atom. The molecule has 1 N–H and O–H groups in total. The molecule has 0 heterocycles. The molecule has 0 saturated carbocycles. The highest BCUT2D eigenvalue weighted by molar-refractivity contribution is 7.89. The van der Waals surface area contributed by atoms with E-state index in [2.05, 4.69) is 4.18 Å². The molecule has 0 aliphatic heterocycles. The number of carbonyl (C=O) groups excluding carboxylic acids is 1. The van der Waals surface area contributed by atoms with Gasteiger partial charge in [0.05, 0.1) is 0 Å². The Balaban J connectivity index is 3.53. The molecule has 0 aliphatic carbocycles. The monoisotopic (exact) mass is 266 g/mol. The van der Waals surface area contributed by atoms with Gasteiger partial charge < -0.3 is 4.18 Å². The fourth-order valence-electron chi connectivity index (χ4n) is 0.973. The topological polar surface area (TPSA) is 115 Å². The van der Waals surface area contributed by atoms with Crippen molar-refractivity contribution in [3.8, 4) is 0 Å². The number of benzene rings is 1. The molecular weight excluding hydrogens is 260 g/mol. The van der Waals surface area contributed by atoms with Crippen molar-refractivity contribution in [1.82, 2.24) is 0 Å². The summed E-state index contributed by atoms with van der Waals surface area (Å²) in [7, 11) is -9.24. The van der Waals surface area contributed by atoms with Crippen LogP contribution in [0.15, 0.2) is 34.1 Å². The molecule has 0 bridgehead atoms. The van der Waals surface area contributed by atoms with Gasteiger partial charge in [-0.25, -0.2) is 0 Å². The van der Waals surface area contributed by atoms with E-state index in [1.54, 1.807) is 0 Å². The lowest BCUT2D eigenvalue weighted by molar-refractivity contribution is -0.120. The van der Waals surface area contributed by atoms with Crippen LogP contribution in [0.5, 0.6) is 0 Å². The summed E-state index contributed by atoms with van der Waals surface area (Å²) in [5, 5.41) is 0. The second-order valence-corrected chi connectivity index (χ2v) is 5.50. The van der Waals surface area contributed by atoms with Crippen molar-refractivity contribution in [1.29, 1.82) is 0 Å². The number of hydrogen-bond donors (Lipinski definition) is 1. The van der Waals surface area contributed by atoms with Gasteiger partial charge in [0.15, 0.2) is 0 Å². The van der Waals surface area contributed by atoms with Gasteiger partial charge >= 0.3 is 16.6 Å². The van der Waals surface area contributed by atoms with Gasteiger partial charge in [-0.05, 0) is 12.1 Å². The standard InChI is InChI=1S/C7H6O7S2/c8-5-14-16(12,13)7-4-2-1-3-6(7)15(9,10)11/h1-5H,(H,9,10,11). The Hall–Kier alpha value is -1.45. The number of carbonyl (C=O) groups is 1. The molecule has 0 saturated heterocycles. The Labute approximate surface area is 91.5 Å². The third-order valence-corrected chi connectivity index (χ3v) is 3.83. The zero-order valence-corrected chi connectivity index (χ0v) is 9.23. The van der Waals surface area contributed by atoms with E-state index in [1.165, 1.54) is 12.1 Å². The number of rotatable bonds is 4. The minimum Gasteiger partial charge on any atom is -0.345 e. The molecule has 1 rings (SSSR count). The average Bonchev–Trinajstić information content (AvgIpc) is 2.16. The Morgan fingerprint density at radius 2 is 1.56 bits per heavy atom. The first-order valence-electron chi connectivity index (χ1n) is 3.72. The molecule has 0 aromatic heterocycles. The van der Waals surface area contributed by atoms with E-state index >= 15 is 0 Å². The predicted octanol–water partition coefficient (Wildman–Crippen LogP) is -0.205. The quantitative estimate of drug-likeness (QED) is 0.455. The summed E-state index contributed by atoms with van der Waals surface area (Å²) in [6.45, 7) is -0.351. The van der Waals surface area contributed by atoms with Gasteiger partial charge in [-0.15, -0.1) is 0 Å². The van der Waals surface area contributed by atoms with Gasteiger partial charge in [-0.3, -0.25) is 9.35 Å². The van der Waals surface area contributed by atoms with Crippen LogP contribution in [0.4, 0.5) is 0 Å². The van der Waals surface area contributed by atoms with Gasteiger partial charge in [0.25, 0.3) is 10.1 Å². The summed E-state index contributed by atoms with van der Waals surface area (Å²) >= 11 is 0. The van der Waals surface area contributed by atoms with E-state index in [0.717, 1.165) is 12.1 Å². The Bertz CT molecular complexity index is 599. The molecular formula is C7H6O7S2. The molecule has 1 aromatic rings. The molecule has 16 heavy (non-hydrogen) atoms. The summed E-state index contributed by atoms with van der Waals surface area (Å²) in [6, 6.07) is 4.19. The minimum atomic E-state index is -4.71. The summed E-state index contributed by atoms with van der Waals surface area (Å²) < 4.78 is 56.8. The first-order chi connectivity index (χ1) is 7.29. The Kier molecular flexibility index (Phi) is 3.31. The molecule has 0 amide bonds. The highest BCUT2D eigenvalue weighted by Crippen LogP contribution is 2.21. The van der Waals surface area contributed by atoms with Crippen LogP contribution in [0, 0.1) is 0 Å². The maximum Gasteiger partial charge on any atom is 0.342 e. The van der Waals surface area contributed by atoms with E-state index < -0.39 is 30.0 Å². The van der Waals surface area contributed by atoms with E-state index in [0.29, 0.717) is 0 Å². The molecule has 88 valence electrons. The van der Waals surface area contributed by atoms with Crippen LogP contribution in [0.1, 0.15) is 0 Å². The molecule has 1 aromatic carbocycles. The highest BCUT2D eigenvalue weighted by Gasteiger charge is 2.25. The summed E-state index contributed by atoms with van der Waals surface area (Å²) in [5.74, 6) is 0. The van der Waals surface area contributed by atoms with Gasteiger partial charge in [0.1, 0.15) is 9.79 Å². The van der Waals surface area contributed by atoms with Crippen LogP contribution < -0.4 is 0 Å². The van der Waals surface area contributed by atoms with E-state index in [1.807, 2.05) is 0 Å². The van der Waals surface area contributed by atoms with Crippen molar-refractivity contribution in [3.63, 3.8) is 0 Å². The summed E-state index contributed by atoms with van der Waals surface area (Å²) in [5.41, 5.74) is 0. The number of hydrogen-bond acceptors (Lipinski definition) is 6. The molecule has 9 heteroatoms. The van der Waals surface area contributed by atoms with Gasteiger partial charge in [0.2, 0.25) is 0 Å². The third-order valence-electron chi connectivity index (χ3n) is 1.56. The first-order valence-corrected chi connectivity index (χ1v) is 6.57. The smallest absolute Gasteiger partial charge is 0.342 e. The summed E-state index contributed by atoms with van der Waals surface area (Å²) in [6.07, 6.45) is 0. The minimum absolute atomic E-state index is 0.351. The van der Waals surface area contributed by atoms with Gasteiger partial charge in [-0.2, -0.15) is 16.8 Å². The van der Waals surface area contributed by atoms with Crippen molar-refractivity contribution in [3.05, 3.63) is 24.3 Å². The van der Waals surface area contributed by atoms with E-state index in [4.69, 9.17) is 4.55 Å². The maximum absolute atomic E-state index is 11.3. The lowest BCUT2D eigenvalue weighted by Gasteiger charge is -2.05. The third kappa shape index (κ3) is 2.56. The van der Waals surface area contributed by atoms with Gasteiger partial charge in [-0.1, -0.05) is 12.1 Å². The maximum atomic E-state index is 11.3. The van der Waals surface area contributed by atoms with Crippen molar-refractivity contribution < 1.29 is 30.4 Å². The molecule has 7 nitrogen and oxygen atoms in total. The van der Waals surface area contributed by atoms with Crippen molar-refractivity contribution in [2.24, 2.45) is 0 Å². The van der Waals surface area contributed by atoms with E-state index in [-0.39, 0.29) is 6.47 Å². The van der Waals surface area contributed by atoms with Crippen LogP contribution in [-0.4, -0.2) is 27.9 Å². The highest BCUT2D eigenvalue weighted by atomic mass is 32.2. The molecule has 0 spiro atoms. The van der Waals surface area contributed by atoms with Crippen molar-refractivity contribution in [2.45, 2.75) is 9.79 Å². The lowest BCUT2D eigenvalue weighted by atomic mass is 10.4. The zero-order chi connectivity index (χ0) is 12.4. The lowest BCUT2D eigenvalue weighted by Crippen LogP contribution is -2.11. The van der Waals surface area contributed by atoms with Crippen LogP contribution in [0.3, 0.4) is 0 Å². The Morgan fingerprint density at radius 3 is 2.00 bits per heavy atom. The molecule has 0 radical (unpaired) electrons. The molecule has 0 fully saturated rings. The first kappa shape index (κ1) is 12.6. The van der Waals surface area contributed by atoms with E-state index in [9.17, 15) is 21.6 Å². The van der Waals surface area contributed by atoms with Crippen LogP contribution in [-0.2, 0) is 29.2 Å². The molecule has 0 atom stereocenters. The summed E-state index contributed by atoms with van der Waals surface area (Å²) in [4.78, 5) is 8.29. The fraction of sp³-hybridized carbons (Fsp3) is 0. The SMILES string of the molecule is O=COS(=O)(=O)c1ccccc1S(=O)(=O)O. The normalized spacial score (nSPS) is 12.1. The molecule has 0 aliphatic rings. The molecule has 0 unspecified atom stereocenters. The van der Waals surface area contributed by atoms with Crippen molar-refractivity contribution >= 4 is 26.7 Å². The average molecular weight is 266 g/mol. The van der Waals surface area contributed by atoms with Gasteiger partial charge in [0, 0.05) is 0 Å². The predicted molar refractivity (Wildman–Crippen MR) is 50.6 cm³/mol. The van der Waals surface area contributed by atoms with Crippen LogP contribution in [0.25, 0.3) is 0 Å².